The molecule has 6 heteroatoms. The van der Waals surface area contributed by atoms with Crippen LogP contribution in [0.15, 0.2) is 11.2 Å². The molecule has 0 spiro atoms. The quantitative estimate of drug-likeness (QED) is 0.439. The Morgan fingerprint density at radius 1 is 1.24 bits per heavy atom. The SMILES string of the molecule is COc1cc(OC)nc(SC(C=O)C(C)C)n1. The Balaban J connectivity index is 2.92. The minimum Gasteiger partial charge on any atom is -0.481 e. The maximum absolute atomic E-state index is 10.9. The molecule has 0 N–H and O–H groups in total. The summed E-state index contributed by atoms with van der Waals surface area (Å²) >= 11 is 1.31. The summed E-state index contributed by atoms with van der Waals surface area (Å²) in [6, 6.07) is 1.59. The van der Waals surface area contributed by atoms with E-state index >= 15 is 0 Å². The molecule has 0 bridgehead atoms. The summed E-state index contributed by atoms with van der Waals surface area (Å²) in [7, 11) is 3.05. The first kappa shape index (κ1) is 13.8. The van der Waals surface area contributed by atoms with Gasteiger partial charge in [0.25, 0.3) is 0 Å². The second kappa shape index (κ2) is 6.44. The lowest BCUT2D eigenvalue weighted by molar-refractivity contribution is -0.107. The number of carbonyl (C=O) groups is 1. The van der Waals surface area contributed by atoms with Crippen molar-refractivity contribution in [2.24, 2.45) is 5.92 Å². The van der Waals surface area contributed by atoms with E-state index in [9.17, 15) is 4.79 Å². The van der Waals surface area contributed by atoms with Gasteiger partial charge in [0, 0.05) is 0 Å². The number of thioether (sulfide) groups is 1. The average Bonchev–Trinajstić information content (AvgIpc) is 2.34. The van der Waals surface area contributed by atoms with E-state index in [1.54, 1.807) is 6.07 Å². The van der Waals surface area contributed by atoms with Gasteiger partial charge in [0.1, 0.15) is 6.29 Å². The minimum absolute atomic E-state index is 0.174. The van der Waals surface area contributed by atoms with E-state index < -0.39 is 0 Å². The molecule has 0 aliphatic carbocycles. The molecule has 1 heterocycles. The fourth-order valence-corrected chi connectivity index (χ4v) is 1.94. The molecule has 0 aromatic carbocycles. The molecule has 17 heavy (non-hydrogen) atoms. The third-order valence-electron chi connectivity index (χ3n) is 2.11. The molecule has 5 nitrogen and oxygen atoms in total. The monoisotopic (exact) mass is 256 g/mol. The Kier molecular flexibility index (Phi) is 5.21. The molecule has 1 rings (SSSR count). The lowest BCUT2D eigenvalue weighted by Gasteiger charge is -2.13. The molecular weight excluding hydrogens is 240 g/mol. The highest BCUT2D eigenvalue weighted by atomic mass is 32.2. The summed E-state index contributed by atoms with van der Waals surface area (Å²) < 4.78 is 10.1. The topological polar surface area (TPSA) is 61.3 Å². The maximum atomic E-state index is 10.9. The number of hydrogen-bond acceptors (Lipinski definition) is 6. The summed E-state index contributed by atoms with van der Waals surface area (Å²) in [4.78, 5) is 19.2. The highest BCUT2D eigenvalue weighted by Crippen LogP contribution is 2.27. The van der Waals surface area contributed by atoms with Crippen LogP contribution < -0.4 is 9.47 Å². The zero-order valence-electron chi connectivity index (χ0n) is 10.3. The number of rotatable bonds is 6. The van der Waals surface area contributed by atoms with E-state index in [-0.39, 0.29) is 11.2 Å². The smallest absolute Gasteiger partial charge is 0.220 e. The second-order valence-electron chi connectivity index (χ2n) is 3.70. The molecule has 0 saturated heterocycles. The summed E-state index contributed by atoms with van der Waals surface area (Å²) in [6.45, 7) is 3.95. The third-order valence-corrected chi connectivity index (χ3v) is 3.43. The van der Waals surface area contributed by atoms with Gasteiger partial charge in [-0.3, -0.25) is 0 Å². The first-order valence-corrected chi connectivity index (χ1v) is 6.07. The van der Waals surface area contributed by atoms with Gasteiger partial charge in [0.05, 0.1) is 25.5 Å². The van der Waals surface area contributed by atoms with Gasteiger partial charge in [-0.2, -0.15) is 9.97 Å². The molecule has 1 aromatic heterocycles. The fourth-order valence-electron chi connectivity index (χ4n) is 1.09. The number of carbonyl (C=O) groups excluding carboxylic acids is 1. The molecule has 0 aliphatic heterocycles. The average molecular weight is 256 g/mol. The van der Waals surface area contributed by atoms with E-state index in [1.807, 2.05) is 13.8 Å². The number of hydrogen-bond donors (Lipinski definition) is 0. The Morgan fingerprint density at radius 3 is 2.12 bits per heavy atom. The first-order valence-electron chi connectivity index (χ1n) is 5.19. The van der Waals surface area contributed by atoms with Gasteiger partial charge in [-0.1, -0.05) is 25.6 Å². The van der Waals surface area contributed by atoms with Crippen LogP contribution in [0.1, 0.15) is 13.8 Å². The van der Waals surface area contributed by atoms with Gasteiger partial charge in [-0.25, -0.2) is 0 Å². The standard InChI is InChI=1S/C11H16N2O3S/c1-7(2)8(6-14)17-11-12-9(15-3)5-10(13-11)16-4/h5-8H,1-4H3. The lowest BCUT2D eigenvalue weighted by Crippen LogP contribution is -2.13. The van der Waals surface area contributed by atoms with E-state index in [2.05, 4.69) is 9.97 Å². The van der Waals surface area contributed by atoms with Crippen LogP contribution >= 0.6 is 11.8 Å². The molecule has 0 fully saturated rings. The van der Waals surface area contributed by atoms with Crippen LogP contribution in [0.4, 0.5) is 0 Å². The van der Waals surface area contributed by atoms with Gasteiger partial charge in [-0.15, -0.1) is 0 Å². The fraction of sp³-hybridized carbons (Fsp3) is 0.545. The van der Waals surface area contributed by atoms with Crippen molar-refractivity contribution in [2.75, 3.05) is 14.2 Å². The molecule has 0 amide bonds. The molecule has 1 aromatic rings. The summed E-state index contributed by atoms with van der Waals surface area (Å²) in [5.74, 6) is 1.07. The molecule has 1 atom stereocenters. The third kappa shape index (κ3) is 3.89. The van der Waals surface area contributed by atoms with Crippen molar-refractivity contribution < 1.29 is 14.3 Å². The van der Waals surface area contributed by atoms with Crippen LogP contribution in [0.2, 0.25) is 0 Å². The summed E-state index contributed by atoms with van der Waals surface area (Å²) in [5, 5.41) is 0.304. The number of aldehydes is 1. The van der Waals surface area contributed by atoms with Crippen molar-refractivity contribution in [1.82, 2.24) is 9.97 Å². The van der Waals surface area contributed by atoms with Gasteiger partial charge in [-0.05, 0) is 5.92 Å². The zero-order chi connectivity index (χ0) is 12.8. The molecule has 1 unspecified atom stereocenters. The van der Waals surface area contributed by atoms with Gasteiger partial charge < -0.3 is 14.3 Å². The van der Waals surface area contributed by atoms with Crippen LogP contribution in [0, 0.1) is 5.92 Å². The highest BCUT2D eigenvalue weighted by molar-refractivity contribution is 8.00. The predicted octanol–water partition coefficient (Wildman–Crippen LogP) is 1.81. The zero-order valence-corrected chi connectivity index (χ0v) is 11.2. The molecule has 0 radical (unpaired) electrons. The van der Waals surface area contributed by atoms with Crippen molar-refractivity contribution in [1.29, 1.82) is 0 Å². The van der Waals surface area contributed by atoms with Crippen molar-refractivity contribution in [3.05, 3.63) is 6.07 Å². The Hall–Kier alpha value is -1.30. The van der Waals surface area contributed by atoms with Crippen LogP contribution in [0.5, 0.6) is 11.8 Å². The van der Waals surface area contributed by atoms with Gasteiger partial charge >= 0.3 is 0 Å². The molecule has 0 saturated carbocycles. The number of nitrogens with zero attached hydrogens (tertiary/aromatic N) is 2. The van der Waals surface area contributed by atoms with Crippen LogP contribution in [0.25, 0.3) is 0 Å². The number of methoxy groups -OCH3 is 2. The summed E-state index contributed by atoms with van der Waals surface area (Å²) in [6.07, 6.45) is 0.907. The number of ether oxygens (including phenoxy) is 2. The van der Waals surface area contributed by atoms with Gasteiger partial charge in [0.15, 0.2) is 5.16 Å². The van der Waals surface area contributed by atoms with E-state index in [1.165, 1.54) is 26.0 Å². The Bertz CT molecular complexity index is 363. The molecule has 94 valence electrons. The van der Waals surface area contributed by atoms with Gasteiger partial charge in [0.2, 0.25) is 11.8 Å². The van der Waals surface area contributed by atoms with Crippen molar-refractivity contribution >= 4 is 18.0 Å². The predicted molar refractivity (Wildman–Crippen MR) is 65.7 cm³/mol. The largest absolute Gasteiger partial charge is 0.481 e. The minimum atomic E-state index is -0.174. The Morgan fingerprint density at radius 2 is 1.76 bits per heavy atom. The molecular formula is C11H16N2O3S. The molecule has 0 aliphatic rings. The van der Waals surface area contributed by atoms with E-state index in [0.29, 0.717) is 16.9 Å². The lowest BCUT2D eigenvalue weighted by atomic mass is 10.1. The van der Waals surface area contributed by atoms with Crippen molar-refractivity contribution in [3.8, 4) is 11.8 Å². The number of aromatic nitrogens is 2. The van der Waals surface area contributed by atoms with Crippen LogP contribution in [0.3, 0.4) is 0 Å². The van der Waals surface area contributed by atoms with Crippen molar-refractivity contribution in [2.45, 2.75) is 24.3 Å². The van der Waals surface area contributed by atoms with E-state index in [4.69, 9.17) is 9.47 Å². The van der Waals surface area contributed by atoms with Crippen molar-refractivity contribution in [3.63, 3.8) is 0 Å². The summed E-state index contributed by atoms with van der Waals surface area (Å²) in [5.41, 5.74) is 0. The van der Waals surface area contributed by atoms with Crippen LogP contribution in [-0.2, 0) is 4.79 Å². The van der Waals surface area contributed by atoms with Crippen LogP contribution in [-0.4, -0.2) is 35.7 Å². The second-order valence-corrected chi connectivity index (χ2v) is 4.84. The normalized spacial score (nSPS) is 12.3. The van der Waals surface area contributed by atoms with E-state index in [0.717, 1.165) is 6.29 Å². The Labute approximate surface area is 105 Å². The highest BCUT2D eigenvalue weighted by Gasteiger charge is 2.17. The first-order chi connectivity index (χ1) is 8.10. The maximum Gasteiger partial charge on any atom is 0.220 e.